The van der Waals surface area contributed by atoms with Gasteiger partial charge in [-0.05, 0) is 26.9 Å². The summed E-state index contributed by atoms with van der Waals surface area (Å²) in [5.41, 5.74) is 0. The molecule has 0 N–H and O–H groups in total. The van der Waals surface area contributed by atoms with Crippen LogP contribution in [0.3, 0.4) is 0 Å². The van der Waals surface area contributed by atoms with Gasteiger partial charge in [0.15, 0.2) is 0 Å². The molecule has 0 bridgehead atoms. The van der Waals surface area contributed by atoms with Crippen LogP contribution >= 0.6 is 0 Å². The molecule has 2 nitrogen and oxygen atoms in total. The van der Waals surface area contributed by atoms with Crippen molar-refractivity contribution in [1.29, 1.82) is 0 Å². The lowest BCUT2D eigenvalue weighted by atomic mass is 9.98. The van der Waals surface area contributed by atoms with Gasteiger partial charge in [0.2, 0.25) is 0 Å². The Labute approximate surface area is 68.8 Å². The van der Waals surface area contributed by atoms with Crippen LogP contribution in [-0.4, -0.2) is 38.3 Å². The standard InChI is InChI=1S/C9H17NO/c1-10(2)8-6-4-5-7-9(8)11-3/h4-5,8-9H,6-7H2,1-3H3. The Morgan fingerprint density at radius 2 is 1.91 bits per heavy atom. The fraction of sp³-hybridized carbons (Fsp3) is 0.778. The van der Waals surface area contributed by atoms with Crippen molar-refractivity contribution in [2.45, 2.75) is 25.0 Å². The molecular weight excluding hydrogens is 138 g/mol. The largest absolute Gasteiger partial charge is 0.379 e. The van der Waals surface area contributed by atoms with Gasteiger partial charge in [-0.1, -0.05) is 12.2 Å². The Balaban J connectivity index is 2.54. The minimum atomic E-state index is 0.384. The van der Waals surface area contributed by atoms with Crippen LogP contribution in [0.4, 0.5) is 0 Å². The second-order valence-electron chi connectivity index (χ2n) is 3.25. The summed E-state index contributed by atoms with van der Waals surface area (Å²) in [6, 6.07) is 0.560. The van der Waals surface area contributed by atoms with Gasteiger partial charge in [0.25, 0.3) is 0 Å². The molecule has 0 aromatic heterocycles. The van der Waals surface area contributed by atoms with Gasteiger partial charge in [-0.25, -0.2) is 0 Å². The zero-order chi connectivity index (χ0) is 8.27. The monoisotopic (exact) mass is 155 g/mol. The van der Waals surface area contributed by atoms with Crippen molar-refractivity contribution in [2.75, 3.05) is 21.2 Å². The molecule has 0 heterocycles. The Hall–Kier alpha value is -0.340. The minimum absolute atomic E-state index is 0.384. The molecule has 0 aromatic carbocycles. The molecular formula is C9H17NO. The van der Waals surface area contributed by atoms with E-state index in [0.717, 1.165) is 12.8 Å². The van der Waals surface area contributed by atoms with Crippen molar-refractivity contribution in [2.24, 2.45) is 0 Å². The first-order valence-electron chi connectivity index (χ1n) is 4.10. The Morgan fingerprint density at radius 3 is 2.36 bits per heavy atom. The highest BCUT2D eigenvalue weighted by Gasteiger charge is 2.23. The second kappa shape index (κ2) is 3.88. The fourth-order valence-corrected chi connectivity index (χ4v) is 1.57. The van der Waals surface area contributed by atoms with E-state index in [-0.39, 0.29) is 0 Å². The molecule has 2 unspecified atom stereocenters. The number of hydrogen-bond acceptors (Lipinski definition) is 2. The fourth-order valence-electron chi connectivity index (χ4n) is 1.57. The number of likely N-dealkylation sites (N-methyl/N-ethyl adjacent to an activating group) is 1. The third-order valence-electron chi connectivity index (χ3n) is 2.31. The number of methoxy groups -OCH3 is 1. The summed E-state index contributed by atoms with van der Waals surface area (Å²) in [4.78, 5) is 2.23. The number of hydrogen-bond donors (Lipinski definition) is 0. The van der Waals surface area contributed by atoms with Crippen LogP contribution in [-0.2, 0) is 4.74 Å². The van der Waals surface area contributed by atoms with Gasteiger partial charge >= 0.3 is 0 Å². The molecule has 0 radical (unpaired) electrons. The van der Waals surface area contributed by atoms with Crippen molar-refractivity contribution in [3.8, 4) is 0 Å². The average molecular weight is 155 g/mol. The normalized spacial score (nSPS) is 31.3. The van der Waals surface area contributed by atoms with Crippen molar-refractivity contribution < 1.29 is 4.74 Å². The van der Waals surface area contributed by atoms with Crippen LogP contribution in [0.5, 0.6) is 0 Å². The lowest BCUT2D eigenvalue weighted by Gasteiger charge is -2.32. The van der Waals surface area contributed by atoms with E-state index >= 15 is 0 Å². The van der Waals surface area contributed by atoms with E-state index in [1.54, 1.807) is 7.11 Å². The predicted molar refractivity (Wildman–Crippen MR) is 46.6 cm³/mol. The van der Waals surface area contributed by atoms with Gasteiger partial charge in [-0.3, -0.25) is 0 Å². The second-order valence-corrected chi connectivity index (χ2v) is 3.25. The number of rotatable bonds is 2. The lowest BCUT2D eigenvalue weighted by molar-refractivity contribution is 0.0316. The van der Waals surface area contributed by atoms with Gasteiger partial charge < -0.3 is 9.64 Å². The summed E-state index contributed by atoms with van der Waals surface area (Å²) in [6.07, 6.45) is 6.99. The summed E-state index contributed by atoms with van der Waals surface area (Å²) in [7, 11) is 6.01. The van der Waals surface area contributed by atoms with Crippen LogP contribution in [0.2, 0.25) is 0 Å². The maximum Gasteiger partial charge on any atom is 0.0763 e. The Morgan fingerprint density at radius 1 is 1.27 bits per heavy atom. The highest BCUT2D eigenvalue weighted by atomic mass is 16.5. The van der Waals surface area contributed by atoms with Gasteiger partial charge in [0.1, 0.15) is 0 Å². The molecule has 1 aliphatic rings. The first-order valence-corrected chi connectivity index (χ1v) is 4.10. The Bertz CT molecular complexity index is 142. The molecule has 0 saturated carbocycles. The third-order valence-corrected chi connectivity index (χ3v) is 2.31. The summed E-state index contributed by atoms with van der Waals surface area (Å²) in [5.74, 6) is 0. The summed E-state index contributed by atoms with van der Waals surface area (Å²) < 4.78 is 5.37. The van der Waals surface area contributed by atoms with Crippen LogP contribution in [0.25, 0.3) is 0 Å². The topological polar surface area (TPSA) is 12.5 Å². The van der Waals surface area contributed by atoms with Gasteiger partial charge in [-0.15, -0.1) is 0 Å². The molecule has 0 fully saturated rings. The van der Waals surface area contributed by atoms with Crippen LogP contribution in [0, 0.1) is 0 Å². The third kappa shape index (κ3) is 2.04. The highest BCUT2D eigenvalue weighted by Crippen LogP contribution is 2.17. The van der Waals surface area contributed by atoms with Crippen molar-refractivity contribution >= 4 is 0 Å². The zero-order valence-electron chi connectivity index (χ0n) is 7.58. The van der Waals surface area contributed by atoms with E-state index < -0.39 is 0 Å². The van der Waals surface area contributed by atoms with Crippen molar-refractivity contribution in [3.05, 3.63) is 12.2 Å². The average Bonchev–Trinajstić information content (AvgIpc) is 2.04. The highest BCUT2D eigenvalue weighted by molar-refractivity contribution is 4.98. The van der Waals surface area contributed by atoms with Crippen LogP contribution in [0.1, 0.15) is 12.8 Å². The van der Waals surface area contributed by atoms with Crippen molar-refractivity contribution in [1.82, 2.24) is 4.90 Å². The molecule has 0 amide bonds. The van der Waals surface area contributed by atoms with Gasteiger partial charge in [0, 0.05) is 13.2 Å². The summed E-state index contributed by atoms with van der Waals surface area (Å²) in [6.45, 7) is 0. The van der Waals surface area contributed by atoms with E-state index in [9.17, 15) is 0 Å². The van der Waals surface area contributed by atoms with Crippen LogP contribution < -0.4 is 0 Å². The molecule has 1 rings (SSSR count). The van der Waals surface area contributed by atoms with Gasteiger partial charge in [0.05, 0.1) is 6.10 Å². The van der Waals surface area contributed by atoms with Gasteiger partial charge in [-0.2, -0.15) is 0 Å². The van der Waals surface area contributed by atoms with E-state index in [2.05, 4.69) is 31.1 Å². The molecule has 0 aliphatic heterocycles. The molecule has 0 aromatic rings. The van der Waals surface area contributed by atoms with E-state index in [0.29, 0.717) is 12.1 Å². The van der Waals surface area contributed by atoms with E-state index in [1.807, 2.05) is 0 Å². The SMILES string of the molecule is COC1CC=CCC1N(C)C. The number of ether oxygens (including phenoxy) is 1. The molecule has 0 saturated heterocycles. The predicted octanol–water partition coefficient (Wildman–Crippen LogP) is 1.28. The van der Waals surface area contributed by atoms with E-state index in [4.69, 9.17) is 4.74 Å². The minimum Gasteiger partial charge on any atom is -0.379 e. The molecule has 0 spiro atoms. The molecule has 11 heavy (non-hydrogen) atoms. The maximum atomic E-state index is 5.37. The smallest absolute Gasteiger partial charge is 0.0763 e. The Kier molecular flexibility index (Phi) is 3.09. The quantitative estimate of drug-likeness (QED) is 0.557. The lowest BCUT2D eigenvalue weighted by Crippen LogP contribution is -2.40. The van der Waals surface area contributed by atoms with E-state index in [1.165, 1.54) is 0 Å². The first kappa shape index (κ1) is 8.75. The molecule has 1 aliphatic carbocycles. The summed E-state index contributed by atoms with van der Waals surface area (Å²) >= 11 is 0. The first-order chi connectivity index (χ1) is 5.25. The van der Waals surface area contributed by atoms with Crippen molar-refractivity contribution in [3.63, 3.8) is 0 Å². The molecule has 2 heteroatoms. The summed E-state index contributed by atoms with van der Waals surface area (Å²) in [5, 5.41) is 0. The number of nitrogens with zero attached hydrogens (tertiary/aromatic N) is 1. The zero-order valence-corrected chi connectivity index (χ0v) is 7.58. The molecule has 64 valence electrons. The van der Waals surface area contributed by atoms with Crippen LogP contribution in [0.15, 0.2) is 12.2 Å². The maximum absolute atomic E-state index is 5.37. The molecule has 2 atom stereocenters.